The zero-order valence-electron chi connectivity index (χ0n) is 4.30. The summed E-state index contributed by atoms with van der Waals surface area (Å²) in [5.41, 5.74) is 0. The first kappa shape index (κ1) is 11.0. The van der Waals surface area contributed by atoms with E-state index in [1.54, 1.807) is 0 Å². The summed E-state index contributed by atoms with van der Waals surface area (Å²) in [6.45, 7) is 0. The highest BCUT2D eigenvalue weighted by atomic mass is 79.9. The van der Waals surface area contributed by atoms with Crippen LogP contribution in [0.15, 0.2) is 0 Å². The highest BCUT2D eigenvalue weighted by Gasteiger charge is 2.09. The van der Waals surface area contributed by atoms with E-state index in [9.17, 15) is 0 Å². The van der Waals surface area contributed by atoms with E-state index < -0.39 is 15.9 Å². The Morgan fingerprint density at radius 2 is 1.67 bits per heavy atom. The monoisotopic (exact) mass is 318 g/mol. The Kier molecular flexibility index (Phi) is 5.78. The molecule has 2 nitrogen and oxygen atoms in total. The molecule has 0 rings (SSSR count). The van der Waals surface area contributed by atoms with Crippen LogP contribution < -0.4 is 0 Å². The molecule has 0 bridgehead atoms. The second-order valence-corrected chi connectivity index (χ2v) is 11.3. The summed E-state index contributed by atoms with van der Waals surface area (Å²) in [5.74, 6) is -3.12. The van der Waals surface area contributed by atoms with Gasteiger partial charge in [-0.1, -0.05) is 31.9 Å². The third-order valence-corrected chi connectivity index (χ3v) is 11.7. The topological polar surface area (TPSA) is 40.5 Å². The van der Waals surface area contributed by atoms with E-state index >= 15 is 0 Å². The third-order valence-electron chi connectivity index (χ3n) is 0.580. The first-order valence-electron chi connectivity index (χ1n) is 1.86. The van der Waals surface area contributed by atoms with Gasteiger partial charge in [-0.05, 0) is 11.2 Å². The predicted octanol–water partition coefficient (Wildman–Crippen LogP) is 2.21. The minimum absolute atomic E-state index is 0.530. The lowest BCUT2D eigenvalue weighted by atomic mass is 11.9. The summed E-state index contributed by atoms with van der Waals surface area (Å²) < 4.78 is 1.06. The van der Waals surface area contributed by atoms with Crippen LogP contribution in [-0.2, 0) is 10.1 Å². The number of alkyl halides is 2. The van der Waals surface area contributed by atoms with Crippen LogP contribution in [0.1, 0.15) is 0 Å². The standard InChI is InChI=1S/C2H6Br2ClO2PS/c3-1-9(2-4)8(5,6)7/h6-7H,1-2H2. The van der Waals surface area contributed by atoms with Gasteiger partial charge < -0.3 is 9.79 Å². The van der Waals surface area contributed by atoms with E-state index in [2.05, 4.69) is 31.9 Å². The molecule has 0 spiro atoms. The van der Waals surface area contributed by atoms with Crippen LogP contribution in [0.5, 0.6) is 0 Å². The van der Waals surface area contributed by atoms with Gasteiger partial charge in [-0.2, -0.15) is 0 Å². The van der Waals surface area contributed by atoms with Crippen LogP contribution >= 0.6 is 48.9 Å². The first-order valence-corrected chi connectivity index (χ1v) is 8.87. The average Bonchev–Trinajstić information content (AvgIpc) is 1.65. The summed E-state index contributed by atoms with van der Waals surface area (Å²) in [4.78, 5) is 17.7. The van der Waals surface area contributed by atoms with Gasteiger partial charge in [-0.3, -0.25) is 0 Å². The fourth-order valence-corrected chi connectivity index (χ4v) is 11.6. The minimum Gasteiger partial charge on any atom is -0.338 e. The molecule has 0 amide bonds. The van der Waals surface area contributed by atoms with Crippen LogP contribution in [0.3, 0.4) is 0 Å². The maximum atomic E-state index is 8.86. The second-order valence-electron chi connectivity index (χ2n) is 1.15. The highest BCUT2D eigenvalue weighted by molar-refractivity contribution is 9.13. The zero-order chi connectivity index (χ0) is 7.49. The van der Waals surface area contributed by atoms with Crippen molar-refractivity contribution in [3.8, 4) is 0 Å². The molecule has 0 aromatic rings. The van der Waals surface area contributed by atoms with Crippen LogP contribution in [-0.4, -0.2) is 19.1 Å². The Hall–Kier alpha value is 1.95. The summed E-state index contributed by atoms with van der Waals surface area (Å²) in [7, 11) is -0.535. The molecule has 0 aromatic heterocycles. The van der Waals surface area contributed by atoms with E-state index in [0.717, 1.165) is 0 Å². The maximum Gasteiger partial charge on any atom is 0.237 e. The van der Waals surface area contributed by atoms with Crippen molar-refractivity contribution in [1.82, 2.24) is 0 Å². The molecule has 2 N–H and O–H groups in total. The van der Waals surface area contributed by atoms with Gasteiger partial charge >= 0.3 is 0 Å². The quantitative estimate of drug-likeness (QED) is 0.605. The second kappa shape index (κ2) is 4.75. The van der Waals surface area contributed by atoms with Gasteiger partial charge in [0.25, 0.3) is 0 Å². The first-order chi connectivity index (χ1) is 4.02. The van der Waals surface area contributed by atoms with Gasteiger partial charge in [0.05, 0.1) is 0 Å². The summed E-state index contributed by atoms with van der Waals surface area (Å²) in [6.07, 6.45) is 0. The van der Waals surface area contributed by atoms with E-state index in [4.69, 9.17) is 21.0 Å². The zero-order valence-corrected chi connectivity index (χ0v) is 9.94. The summed E-state index contributed by atoms with van der Waals surface area (Å²) >= 11 is 11.5. The molecule has 0 aliphatic heterocycles. The van der Waals surface area contributed by atoms with Gasteiger partial charge in [0.2, 0.25) is 5.84 Å². The lowest BCUT2D eigenvalue weighted by molar-refractivity contribution is 0.500. The number of rotatable bonds is 2. The van der Waals surface area contributed by atoms with Crippen LogP contribution in [0.4, 0.5) is 0 Å². The minimum atomic E-state index is -3.12. The molecule has 0 atom stereocenters. The van der Waals surface area contributed by atoms with Crippen molar-refractivity contribution in [2.45, 2.75) is 0 Å². The predicted molar refractivity (Wildman–Crippen MR) is 52.2 cm³/mol. The maximum absolute atomic E-state index is 8.86. The van der Waals surface area contributed by atoms with Crippen molar-refractivity contribution in [1.29, 1.82) is 0 Å². The Morgan fingerprint density at radius 3 is 1.67 bits per heavy atom. The lowest BCUT2D eigenvalue weighted by Gasteiger charge is -2.08. The Morgan fingerprint density at radius 1 is 1.33 bits per heavy atom. The smallest absolute Gasteiger partial charge is 0.237 e. The third kappa shape index (κ3) is 4.40. The van der Waals surface area contributed by atoms with Crippen molar-refractivity contribution < 1.29 is 9.79 Å². The average molecular weight is 320 g/mol. The molecule has 7 heteroatoms. The lowest BCUT2D eigenvalue weighted by Crippen LogP contribution is -1.91. The van der Waals surface area contributed by atoms with Gasteiger partial charge in [0, 0.05) is 9.32 Å². The molecule has 0 fully saturated rings. The van der Waals surface area contributed by atoms with Gasteiger partial charge in [0.1, 0.15) is 0 Å². The Bertz CT molecular complexity index is 131. The summed E-state index contributed by atoms with van der Waals surface area (Å²) in [6, 6.07) is 0. The van der Waals surface area contributed by atoms with E-state index in [0.29, 0.717) is 9.32 Å². The molecule has 0 saturated heterocycles. The molecule has 0 unspecified atom stereocenters. The fourth-order valence-electron chi connectivity index (χ4n) is 0.153. The highest BCUT2D eigenvalue weighted by Crippen LogP contribution is 2.48. The molecular weight excluding hydrogens is 314 g/mol. The largest absolute Gasteiger partial charge is 0.338 e. The van der Waals surface area contributed by atoms with Gasteiger partial charge in [0.15, 0.2) is 0 Å². The van der Waals surface area contributed by atoms with E-state index in [1.165, 1.54) is 0 Å². The molecule has 58 valence electrons. The SMILES string of the molecule is OP(O)(Cl)=S(CBr)CBr. The molecule has 0 aromatic carbocycles. The van der Waals surface area contributed by atoms with Crippen molar-refractivity contribution in [3.63, 3.8) is 0 Å². The molecule has 0 saturated carbocycles. The molecule has 0 aliphatic rings. The van der Waals surface area contributed by atoms with Crippen molar-refractivity contribution >= 4 is 59.0 Å². The van der Waals surface area contributed by atoms with Crippen molar-refractivity contribution in [2.75, 3.05) is 9.32 Å². The van der Waals surface area contributed by atoms with E-state index in [1.807, 2.05) is 0 Å². The number of halogens is 3. The van der Waals surface area contributed by atoms with Gasteiger partial charge in [-0.15, -0.1) is 10.1 Å². The van der Waals surface area contributed by atoms with Gasteiger partial charge in [-0.25, -0.2) is 0 Å². The fraction of sp³-hybridized carbons (Fsp3) is 1.00. The number of hydrogen-bond donors (Lipinski definition) is 2. The molecular formula is C2H6Br2ClO2PS. The van der Waals surface area contributed by atoms with Crippen molar-refractivity contribution in [3.05, 3.63) is 0 Å². The normalized spacial score (nSPS) is 12.7. The molecule has 9 heavy (non-hydrogen) atoms. The molecule has 0 aliphatic carbocycles. The molecule has 0 radical (unpaired) electrons. The summed E-state index contributed by atoms with van der Waals surface area (Å²) in [5, 5.41) is 0. The van der Waals surface area contributed by atoms with Crippen molar-refractivity contribution in [2.24, 2.45) is 0 Å². The molecule has 0 heterocycles. The Balaban J connectivity index is 4.40. The van der Waals surface area contributed by atoms with Crippen LogP contribution in [0.2, 0.25) is 0 Å². The Labute approximate surface area is 77.8 Å². The van der Waals surface area contributed by atoms with Crippen LogP contribution in [0, 0.1) is 0 Å². The van der Waals surface area contributed by atoms with Crippen LogP contribution in [0.25, 0.3) is 0 Å². The van der Waals surface area contributed by atoms with E-state index in [-0.39, 0.29) is 0 Å². The number of hydrogen-bond acceptors (Lipinski definition) is 0.